The molecule has 0 spiro atoms. The number of nitrogens with one attached hydrogen (secondary N) is 2. The number of anilines is 1. The van der Waals surface area contributed by atoms with Crippen molar-refractivity contribution in [2.24, 2.45) is 5.92 Å². The van der Waals surface area contributed by atoms with Gasteiger partial charge in [0.15, 0.2) is 0 Å². The van der Waals surface area contributed by atoms with Gasteiger partial charge in [0.1, 0.15) is 0 Å². The van der Waals surface area contributed by atoms with E-state index in [1.54, 1.807) is 6.92 Å². The maximum Gasteiger partial charge on any atom is 0.221 e. The lowest BCUT2D eigenvalue weighted by molar-refractivity contribution is -0.124. The van der Waals surface area contributed by atoms with Crippen molar-refractivity contribution >= 4 is 17.5 Å². The van der Waals surface area contributed by atoms with E-state index in [4.69, 9.17) is 4.74 Å². The van der Waals surface area contributed by atoms with E-state index in [2.05, 4.69) is 10.6 Å². The molecule has 1 aliphatic carbocycles. The fraction of sp³-hybridized carbons (Fsp3) is 0.556. The van der Waals surface area contributed by atoms with E-state index in [0.717, 1.165) is 30.5 Å². The predicted molar refractivity (Wildman–Crippen MR) is 87.9 cm³/mol. The van der Waals surface area contributed by atoms with Crippen molar-refractivity contribution in [1.82, 2.24) is 5.32 Å². The average Bonchev–Trinajstić information content (AvgIpc) is 2.95. The van der Waals surface area contributed by atoms with Gasteiger partial charge in [-0.3, -0.25) is 9.59 Å². The van der Waals surface area contributed by atoms with E-state index >= 15 is 0 Å². The number of hydrogen-bond donors (Lipinski definition) is 2. The monoisotopic (exact) mass is 316 g/mol. The van der Waals surface area contributed by atoms with Crippen molar-refractivity contribution in [3.05, 3.63) is 29.8 Å². The first-order valence-corrected chi connectivity index (χ1v) is 8.33. The number of fused-ring (bicyclic) bond motifs is 1. The van der Waals surface area contributed by atoms with Crippen molar-refractivity contribution in [1.29, 1.82) is 0 Å². The van der Waals surface area contributed by atoms with Crippen LogP contribution in [0.4, 0.5) is 5.69 Å². The highest BCUT2D eigenvalue weighted by atomic mass is 16.5. The Kier molecular flexibility index (Phi) is 4.66. The lowest BCUT2D eigenvalue weighted by atomic mass is 9.86. The van der Waals surface area contributed by atoms with Gasteiger partial charge in [0.25, 0.3) is 0 Å². The summed E-state index contributed by atoms with van der Waals surface area (Å²) in [5, 5.41) is 5.88. The lowest BCUT2D eigenvalue weighted by Crippen LogP contribution is -2.47. The number of benzene rings is 1. The zero-order valence-corrected chi connectivity index (χ0v) is 13.7. The van der Waals surface area contributed by atoms with Crippen LogP contribution in [0.25, 0.3) is 0 Å². The smallest absolute Gasteiger partial charge is 0.221 e. The van der Waals surface area contributed by atoms with Gasteiger partial charge in [0.2, 0.25) is 11.8 Å². The molecule has 0 radical (unpaired) electrons. The van der Waals surface area contributed by atoms with Crippen molar-refractivity contribution in [3.8, 4) is 0 Å². The minimum atomic E-state index is -0.0776. The van der Waals surface area contributed by atoms with E-state index < -0.39 is 0 Å². The number of carbonyl (C=O) groups is 2. The van der Waals surface area contributed by atoms with Crippen LogP contribution in [0.2, 0.25) is 0 Å². The van der Waals surface area contributed by atoms with Gasteiger partial charge >= 0.3 is 0 Å². The first-order chi connectivity index (χ1) is 11.0. The van der Waals surface area contributed by atoms with Gasteiger partial charge in [0, 0.05) is 31.5 Å². The van der Waals surface area contributed by atoms with Gasteiger partial charge in [-0.2, -0.15) is 0 Å². The number of ether oxygens (including phenoxy) is 1. The van der Waals surface area contributed by atoms with Gasteiger partial charge in [-0.05, 0) is 37.0 Å². The molecule has 2 amide bonds. The van der Waals surface area contributed by atoms with Crippen LogP contribution in [-0.2, 0) is 14.3 Å². The van der Waals surface area contributed by atoms with E-state index in [1.807, 2.05) is 24.3 Å². The first kappa shape index (κ1) is 16.0. The summed E-state index contributed by atoms with van der Waals surface area (Å²) in [4.78, 5) is 22.6. The highest BCUT2D eigenvalue weighted by Gasteiger charge is 2.42. The van der Waals surface area contributed by atoms with E-state index in [9.17, 15) is 9.59 Å². The number of hydrogen-bond acceptors (Lipinski definition) is 3. The van der Waals surface area contributed by atoms with Crippen LogP contribution >= 0.6 is 0 Å². The maximum absolute atomic E-state index is 11.5. The van der Waals surface area contributed by atoms with Gasteiger partial charge in [-0.15, -0.1) is 0 Å². The second kappa shape index (κ2) is 6.71. The lowest BCUT2D eigenvalue weighted by Gasteiger charge is -2.39. The Morgan fingerprint density at radius 2 is 1.83 bits per heavy atom. The Morgan fingerprint density at radius 3 is 2.48 bits per heavy atom. The molecular weight excluding hydrogens is 292 g/mol. The van der Waals surface area contributed by atoms with Crippen LogP contribution in [0.5, 0.6) is 0 Å². The van der Waals surface area contributed by atoms with Gasteiger partial charge in [-0.1, -0.05) is 18.6 Å². The molecule has 1 aliphatic heterocycles. The molecule has 5 heteroatoms. The fourth-order valence-electron chi connectivity index (χ4n) is 3.88. The molecular formula is C18H24N2O3. The minimum absolute atomic E-state index is 0.00224. The van der Waals surface area contributed by atoms with Gasteiger partial charge in [-0.25, -0.2) is 0 Å². The molecule has 0 aromatic heterocycles. The summed E-state index contributed by atoms with van der Waals surface area (Å²) in [6.07, 6.45) is 4.41. The third-order valence-electron chi connectivity index (χ3n) is 4.82. The highest BCUT2D eigenvalue weighted by molar-refractivity contribution is 5.88. The quantitative estimate of drug-likeness (QED) is 0.901. The second-order valence-electron chi connectivity index (χ2n) is 6.60. The normalized spacial score (nSPS) is 29.7. The topological polar surface area (TPSA) is 67.4 Å². The third-order valence-corrected chi connectivity index (χ3v) is 4.82. The molecule has 23 heavy (non-hydrogen) atoms. The SMILES string of the molecule is CC(=O)Nc1ccc([C@H]2C[C@@H](NC(C)=O)[C@@H]3CCC[C@H]3O2)cc1. The zero-order chi connectivity index (χ0) is 16.4. The van der Waals surface area contributed by atoms with E-state index in [0.29, 0.717) is 5.92 Å². The van der Waals surface area contributed by atoms with Gasteiger partial charge in [0.05, 0.1) is 12.2 Å². The molecule has 1 heterocycles. The van der Waals surface area contributed by atoms with Crippen LogP contribution < -0.4 is 10.6 Å². The Bertz CT molecular complexity index is 584. The molecule has 0 unspecified atom stereocenters. The molecule has 1 aromatic rings. The zero-order valence-electron chi connectivity index (χ0n) is 13.7. The van der Waals surface area contributed by atoms with Crippen molar-refractivity contribution < 1.29 is 14.3 Å². The summed E-state index contributed by atoms with van der Waals surface area (Å²) in [6, 6.07) is 7.97. The molecule has 2 fully saturated rings. The largest absolute Gasteiger partial charge is 0.370 e. The summed E-state index contributed by atoms with van der Waals surface area (Å²) in [5.74, 6) is 0.391. The first-order valence-electron chi connectivity index (χ1n) is 8.33. The summed E-state index contributed by atoms with van der Waals surface area (Å²) >= 11 is 0. The van der Waals surface area contributed by atoms with E-state index in [-0.39, 0.29) is 30.1 Å². The van der Waals surface area contributed by atoms with Crippen molar-refractivity contribution in [2.45, 2.75) is 57.8 Å². The molecule has 124 valence electrons. The van der Waals surface area contributed by atoms with Crippen molar-refractivity contribution in [2.75, 3.05) is 5.32 Å². The Labute approximate surface area is 136 Å². The molecule has 4 atom stereocenters. The van der Waals surface area contributed by atoms with Crippen LogP contribution in [0.15, 0.2) is 24.3 Å². The molecule has 2 aliphatic rings. The Morgan fingerprint density at radius 1 is 1.09 bits per heavy atom. The van der Waals surface area contributed by atoms with E-state index in [1.165, 1.54) is 13.3 Å². The number of rotatable bonds is 3. The molecule has 1 saturated carbocycles. The summed E-state index contributed by atoms with van der Waals surface area (Å²) < 4.78 is 6.29. The Hall–Kier alpha value is -1.88. The third kappa shape index (κ3) is 3.72. The predicted octanol–water partition coefficient (Wildman–Crippen LogP) is 2.78. The fourth-order valence-corrected chi connectivity index (χ4v) is 3.88. The van der Waals surface area contributed by atoms with Crippen molar-refractivity contribution in [3.63, 3.8) is 0 Å². The maximum atomic E-state index is 11.5. The number of amides is 2. The molecule has 1 saturated heterocycles. The summed E-state index contributed by atoms with van der Waals surface area (Å²) in [6.45, 7) is 3.08. The Balaban J connectivity index is 1.74. The second-order valence-corrected chi connectivity index (χ2v) is 6.60. The van der Waals surface area contributed by atoms with Crippen LogP contribution in [0, 0.1) is 5.92 Å². The summed E-state index contributed by atoms with van der Waals surface area (Å²) in [7, 11) is 0. The molecule has 5 nitrogen and oxygen atoms in total. The van der Waals surface area contributed by atoms with Crippen LogP contribution in [0.3, 0.4) is 0 Å². The standard InChI is InChI=1S/C18H24N2O3/c1-11(21)19-14-8-6-13(7-9-14)18-10-16(20-12(2)22)15-4-3-5-17(15)23-18/h6-9,15-18H,3-5,10H2,1-2H3,(H,19,21)(H,20,22)/t15-,16+,17+,18+/m0/s1. The van der Waals surface area contributed by atoms with Gasteiger partial charge < -0.3 is 15.4 Å². The minimum Gasteiger partial charge on any atom is -0.370 e. The molecule has 2 N–H and O–H groups in total. The number of carbonyl (C=O) groups excluding carboxylic acids is 2. The molecule has 3 rings (SSSR count). The van der Waals surface area contributed by atoms with Crippen LogP contribution in [-0.4, -0.2) is 24.0 Å². The average molecular weight is 316 g/mol. The van der Waals surface area contributed by atoms with Crippen LogP contribution in [0.1, 0.15) is 51.2 Å². The summed E-state index contributed by atoms with van der Waals surface area (Å²) in [5.41, 5.74) is 1.88. The highest BCUT2D eigenvalue weighted by Crippen LogP contribution is 2.42. The molecule has 0 bridgehead atoms. The molecule has 1 aromatic carbocycles.